The Morgan fingerprint density at radius 2 is 1.80 bits per heavy atom. The monoisotopic (exact) mass is 346 g/mol. The van der Waals surface area contributed by atoms with Gasteiger partial charge in [-0.2, -0.15) is 0 Å². The lowest BCUT2D eigenvalue weighted by Crippen LogP contribution is -2.44. The highest BCUT2D eigenvalue weighted by molar-refractivity contribution is 5.72. The summed E-state index contributed by atoms with van der Waals surface area (Å²) in [5.41, 5.74) is 6.73. The van der Waals surface area contributed by atoms with Gasteiger partial charge in [0, 0.05) is 15.7 Å². The molecule has 1 atom stereocenters. The normalized spacial score (nSPS) is 33.1. The highest BCUT2D eigenvalue weighted by atomic mass is 16.5. The van der Waals surface area contributed by atoms with Crippen LogP contribution in [0.4, 0.5) is 5.69 Å². The molecular weight excluding hydrogens is 308 g/mol. The van der Waals surface area contributed by atoms with Gasteiger partial charge in [0.1, 0.15) is 0 Å². The van der Waals surface area contributed by atoms with E-state index in [0.717, 1.165) is 18.5 Å². The van der Waals surface area contributed by atoms with E-state index in [4.69, 9.17) is 20.9 Å². The number of nitrogens with zero attached hydrogens (tertiary/aromatic N) is 1. The van der Waals surface area contributed by atoms with Crippen LogP contribution in [0.2, 0.25) is 0 Å². The molecule has 1 saturated heterocycles. The van der Waals surface area contributed by atoms with E-state index in [-0.39, 0.29) is 28.7 Å². The molecule has 1 unspecified atom stereocenters. The van der Waals surface area contributed by atoms with Crippen molar-refractivity contribution in [3.8, 4) is 0 Å². The number of nitrogen functional groups attached to an aromatic ring is 1. The van der Waals surface area contributed by atoms with Crippen LogP contribution in [0.1, 0.15) is 96.4 Å². The topological polar surface area (TPSA) is 48.1 Å². The van der Waals surface area contributed by atoms with Crippen LogP contribution in [-0.4, -0.2) is 16.2 Å². The lowest BCUT2D eigenvalue weighted by Gasteiger charge is -2.45. The molecule has 0 aromatic carbocycles. The molecule has 0 bridgehead atoms. The maximum absolute atomic E-state index is 8.64. The van der Waals surface area contributed by atoms with Gasteiger partial charge in [0.05, 0.1) is 24.0 Å². The fourth-order valence-corrected chi connectivity index (χ4v) is 4.05. The van der Waals surface area contributed by atoms with Gasteiger partial charge in [-0.1, -0.05) is 19.9 Å². The summed E-state index contributed by atoms with van der Waals surface area (Å²) in [7, 11) is 0. The molecule has 1 aliphatic carbocycles. The molecule has 2 N–H and O–H groups in total. The van der Waals surface area contributed by atoms with Crippen molar-refractivity contribution in [1.82, 2.24) is 4.98 Å². The van der Waals surface area contributed by atoms with Gasteiger partial charge in [0.2, 0.25) is 0 Å². The average molecular weight is 347 g/mol. The predicted octanol–water partition coefficient (Wildman–Crippen LogP) is 5.71. The van der Waals surface area contributed by atoms with Crippen molar-refractivity contribution in [2.75, 3.05) is 5.73 Å². The molecule has 1 fully saturated rings. The minimum absolute atomic E-state index is 0.153. The second-order valence-corrected chi connectivity index (χ2v) is 9.41. The zero-order chi connectivity index (χ0) is 22.0. The molecule has 0 amide bonds. The second-order valence-electron chi connectivity index (χ2n) is 9.41. The van der Waals surface area contributed by atoms with E-state index in [1.807, 2.05) is 19.9 Å². The first-order valence-electron chi connectivity index (χ1n) is 11.2. The highest BCUT2D eigenvalue weighted by Crippen LogP contribution is 2.44. The van der Waals surface area contributed by atoms with Crippen LogP contribution in [0.5, 0.6) is 0 Å². The van der Waals surface area contributed by atoms with Gasteiger partial charge in [-0.15, -0.1) is 0 Å². The zero-order valence-corrected chi connectivity index (χ0v) is 16.4. The summed E-state index contributed by atoms with van der Waals surface area (Å²) in [4.78, 5) is 4.80. The molecule has 1 aromatic rings. The lowest BCUT2D eigenvalue weighted by molar-refractivity contribution is -0.162. The number of aromatic nitrogens is 1. The summed E-state index contributed by atoms with van der Waals surface area (Å²) in [6.07, 6.45) is -1.04. The van der Waals surface area contributed by atoms with E-state index in [0.29, 0.717) is 17.8 Å². The van der Waals surface area contributed by atoms with E-state index in [9.17, 15) is 0 Å². The summed E-state index contributed by atoms with van der Waals surface area (Å²) in [6, 6.07) is 3.86. The van der Waals surface area contributed by atoms with Gasteiger partial charge < -0.3 is 10.5 Å². The Kier molecular flexibility index (Phi) is 3.38. The molecule has 3 rings (SSSR count). The van der Waals surface area contributed by atoms with Crippen molar-refractivity contribution in [3.63, 3.8) is 0 Å². The molecule has 2 heterocycles. The Morgan fingerprint density at radius 1 is 1.16 bits per heavy atom. The quantitative estimate of drug-likeness (QED) is 0.746. The fraction of sp³-hybridized carbons (Fsp3) is 0.682. The van der Waals surface area contributed by atoms with E-state index in [2.05, 4.69) is 27.7 Å². The van der Waals surface area contributed by atoms with E-state index in [1.165, 1.54) is 0 Å². The molecule has 138 valence electrons. The van der Waals surface area contributed by atoms with Gasteiger partial charge in [0.15, 0.2) is 0 Å². The molecule has 25 heavy (non-hydrogen) atoms. The van der Waals surface area contributed by atoms with Crippen molar-refractivity contribution >= 4 is 11.3 Å². The number of pyridine rings is 1. The number of ether oxygens (including phenoxy) is 1. The first kappa shape index (κ1) is 13.8. The van der Waals surface area contributed by atoms with Crippen LogP contribution in [0, 0.1) is 5.41 Å². The first-order valence-corrected chi connectivity index (χ1v) is 9.15. The molecule has 3 heteroatoms. The third-order valence-corrected chi connectivity index (χ3v) is 4.96. The van der Waals surface area contributed by atoms with Gasteiger partial charge >= 0.3 is 0 Å². The molecule has 0 saturated carbocycles. The Balaban J connectivity index is 2.09. The van der Waals surface area contributed by atoms with Crippen molar-refractivity contribution < 1.29 is 10.2 Å². The average Bonchev–Trinajstić information content (AvgIpc) is 2.51. The Labute approximate surface area is 158 Å². The standard InChI is InChI=1S/C22H34N2O/c1-20(2)11-9-15(10-12-20)19-17(23)7-8-18(24-19)16-13-21(3,4)25-22(5,6)14-16/h7-9,16H,10-14,23H2,1-6H3/i9D,10D2,12D. The van der Waals surface area contributed by atoms with Crippen LogP contribution < -0.4 is 5.73 Å². The van der Waals surface area contributed by atoms with Gasteiger partial charge in [-0.05, 0) is 82.8 Å². The predicted molar refractivity (Wildman–Crippen MR) is 105 cm³/mol. The van der Waals surface area contributed by atoms with Crippen LogP contribution >= 0.6 is 0 Å². The molecule has 3 nitrogen and oxygen atoms in total. The smallest absolute Gasteiger partial charge is 0.0891 e. The minimum Gasteiger partial charge on any atom is -0.397 e. The van der Waals surface area contributed by atoms with Crippen molar-refractivity contribution in [2.24, 2.45) is 5.41 Å². The van der Waals surface area contributed by atoms with Crippen LogP contribution in [-0.2, 0) is 4.74 Å². The third kappa shape index (κ3) is 4.25. The molecule has 0 radical (unpaired) electrons. The largest absolute Gasteiger partial charge is 0.397 e. The fourth-order valence-electron chi connectivity index (χ4n) is 4.05. The number of hydrogen-bond acceptors (Lipinski definition) is 3. The van der Waals surface area contributed by atoms with Crippen LogP contribution in [0.3, 0.4) is 0 Å². The number of nitrogens with two attached hydrogens (primary N) is 1. The maximum Gasteiger partial charge on any atom is 0.0891 e. The molecular formula is C22H34N2O. The molecule has 1 aliphatic heterocycles. The van der Waals surface area contributed by atoms with E-state index >= 15 is 0 Å². The Bertz CT molecular complexity index is 829. The third-order valence-electron chi connectivity index (χ3n) is 4.96. The highest BCUT2D eigenvalue weighted by Gasteiger charge is 2.40. The molecule has 1 aromatic heterocycles. The number of rotatable bonds is 2. The summed E-state index contributed by atoms with van der Waals surface area (Å²) in [6.45, 7) is 12.0. The van der Waals surface area contributed by atoms with Crippen molar-refractivity contribution in [3.05, 3.63) is 29.6 Å². The van der Waals surface area contributed by atoms with Crippen LogP contribution in [0.25, 0.3) is 5.57 Å². The van der Waals surface area contributed by atoms with Crippen molar-refractivity contribution in [1.29, 1.82) is 0 Å². The summed E-state index contributed by atoms with van der Waals surface area (Å²) in [5.74, 6) is 0.153. The molecule has 2 aliphatic rings. The SMILES string of the molecule is [2H]C1=C(c2nc(C3CC(C)(C)OC(C)(C)C3)ccc2N)C([2H])([2H])C([2H])C(C)(C)C1. The first-order chi connectivity index (χ1) is 13.1. The maximum atomic E-state index is 8.64. The Hall–Kier alpha value is -1.35. The summed E-state index contributed by atoms with van der Waals surface area (Å²) in [5, 5.41) is 0. The van der Waals surface area contributed by atoms with E-state index < -0.39 is 18.2 Å². The lowest BCUT2D eigenvalue weighted by atomic mass is 9.77. The van der Waals surface area contributed by atoms with Gasteiger partial charge in [-0.3, -0.25) is 4.98 Å². The second kappa shape index (κ2) is 6.12. The van der Waals surface area contributed by atoms with Crippen molar-refractivity contribution in [2.45, 2.75) is 90.7 Å². The number of allylic oxidation sites excluding steroid dienone is 2. The zero-order valence-electron chi connectivity index (χ0n) is 20.4. The Morgan fingerprint density at radius 3 is 2.44 bits per heavy atom. The van der Waals surface area contributed by atoms with Crippen LogP contribution in [0.15, 0.2) is 18.2 Å². The number of hydrogen-bond donors (Lipinski definition) is 1. The van der Waals surface area contributed by atoms with E-state index in [1.54, 1.807) is 6.07 Å². The van der Waals surface area contributed by atoms with Gasteiger partial charge in [-0.25, -0.2) is 0 Å². The summed E-state index contributed by atoms with van der Waals surface area (Å²) >= 11 is 0. The summed E-state index contributed by atoms with van der Waals surface area (Å²) < 4.78 is 40.5. The number of anilines is 1. The molecule has 0 spiro atoms. The van der Waals surface area contributed by atoms with Gasteiger partial charge in [0.25, 0.3) is 0 Å². The minimum atomic E-state index is -1.99.